The molecule has 7 heteroatoms. The lowest BCUT2D eigenvalue weighted by molar-refractivity contribution is -0.290. The van der Waals surface area contributed by atoms with Crippen molar-refractivity contribution in [2.45, 2.75) is 6.54 Å². The van der Waals surface area contributed by atoms with E-state index < -0.39 is 0 Å². The zero-order valence-corrected chi connectivity index (χ0v) is 15.0. The molecule has 0 fully saturated rings. The van der Waals surface area contributed by atoms with Gasteiger partial charge in [-0.1, -0.05) is 17.7 Å². The van der Waals surface area contributed by atoms with Gasteiger partial charge in [-0.15, -0.1) is 0 Å². The molecule has 26 heavy (non-hydrogen) atoms. The van der Waals surface area contributed by atoms with Gasteiger partial charge in [-0.25, -0.2) is 9.37 Å². The molecule has 3 rings (SSSR count). The molecule has 1 heterocycles. The molecule has 3 aromatic rings. The highest BCUT2D eigenvalue weighted by molar-refractivity contribution is 6.30. The van der Waals surface area contributed by atoms with Gasteiger partial charge in [0.2, 0.25) is 10.9 Å². The summed E-state index contributed by atoms with van der Waals surface area (Å²) in [7, 11) is 0. The number of nitrogens with zero attached hydrogens (tertiary/aromatic N) is 1. The molecule has 0 spiro atoms. The van der Waals surface area contributed by atoms with E-state index in [1.54, 1.807) is 24.3 Å². The second-order valence-electron chi connectivity index (χ2n) is 5.37. The molecule has 0 aliphatic heterocycles. The average Bonchev–Trinajstić information content (AvgIpc) is 2.63. The van der Waals surface area contributed by atoms with Crippen LogP contribution in [0.4, 0.5) is 4.39 Å². The first kappa shape index (κ1) is 18.2. The molecule has 0 atom stereocenters. The third-order valence-corrected chi connectivity index (χ3v) is 4.12. The van der Waals surface area contributed by atoms with Crippen molar-refractivity contribution < 1.29 is 25.5 Å². The molecule has 132 valence electrons. The topological polar surface area (TPSA) is 51.2 Å². The lowest BCUT2D eigenvalue weighted by atomic mass is 10.2. The second kappa shape index (κ2) is 8.17. The average molecular weight is 392 g/mol. The number of nitrogens with one attached hydrogen (secondary N) is 1. The minimum Gasteiger partial charge on any atom is -0.439 e. The number of hydrogen-bond donors (Lipinski definition) is 1. The summed E-state index contributed by atoms with van der Waals surface area (Å²) in [5, 5.41) is 3.94. The summed E-state index contributed by atoms with van der Waals surface area (Å²) in [6, 6.07) is 13.8. The minimum atomic E-state index is -0.359. The Morgan fingerprint density at radius 2 is 1.92 bits per heavy atom. The van der Waals surface area contributed by atoms with Gasteiger partial charge in [-0.05, 0) is 36.4 Å². The van der Waals surface area contributed by atoms with Crippen molar-refractivity contribution in [2.24, 2.45) is 0 Å². The Morgan fingerprint density at radius 1 is 1.15 bits per heavy atom. The normalized spacial score (nSPS) is 10.4. The lowest BCUT2D eigenvalue weighted by Gasteiger charge is -2.08. The highest BCUT2D eigenvalue weighted by Gasteiger charge is 2.12. The van der Waals surface area contributed by atoms with E-state index in [0.29, 0.717) is 21.4 Å². The molecule has 0 aliphatic carbocycles. The van der Waals surface area contributed by atoms with Crippen molar-refractivity contribution >= 4 is 17.5 Å². The van der Waals surface area contributed by atoms with Crippen LogP contribution in [0.5, 0.6) is 11.6 Å². The summed E-state index contributed by atoms with van der Waals surface area (Å²) in [4.78, 5) is 16.4. The van der Waals surface area contributed by atoms with E-state index in [9.17, 15) is 9.18 Å². The monoisotopic (exact) mass is 391 g/mol. The van der Waals surface area contributed by atoms with E-state index >= 15 is 0 Å². The zero-order valence-electron chi connectivity index (χ0n) is 13.4. The predicted molar refractivity (Wildman–Crippen MR) is 93.9 cm³/mol. The molecule has 0 unspecified atom stereocenters. The Hall–Kier alpha value is -2.63. The van der Waals surface area contributed by atoms with E-state index in [1.807, 2.05) is 0 Å². The van der Waals surface area contributed by atoms with Gasteiger partial charge in [0.05, 0.1) is 0 Å². The number of benzene rings is 2. The minimum absolute atomic E-state index is 0.236. The lowest BCUT2D eigenvalue weighted by Crippen LogP contribution is -2.23. The molecule has 0 saturated heterocycles. The molecule has 2 aromatic carbocycles. The van der Waals surface area contributed by atoms with Crippen LogP contribution in [-0.4, -0.2) is 10.9 Å². The Morgan fingerprint density at radius 3 is 2.65 bits per heavy atom. The summed E-state index contributed by atoms with van der Waals surface area (Å²) < 4.78 is 18.5. The van der Waals surface area contributed by atoms with Gasteiger partial charge in [0.1, 0.15) is 11.6 Å². The van der Waals surface area contributed by atoms with Gasteiger partial charge in [0.15, 0.2) is 11.6 Å². The van der Waals surface area contributed by atoms with Crippen LogP contribution in [0.25, 0.3) is 0 Å². The van der Waals surface area contributed by atoms with Gasteiger partial charge < -0.3 is 10.1 Å². The number of hydrogen-bond acceptors (Lipinski definition) is 3. The van der Waals surface area contributed by atoms with E-state index in [0.717, 1.165) is 5.56 Å². The molecule has 0 aliphatic rings. The Kier molecular flexibility index (Phi) is 5.71. The van der Waals surface area contributed by atoms with Gasteiger partial charge >= 0.3 is 0 Å². The van der Waals surface area contributed by atoms with Crippen LogP contribution in [0.3, 0.4) is 0 Å². The zero-order chi connectivity index (χ0) is 18.5. The third kappa shape index (κ3) is 4.71. The molecule has 1 N–H and O–H groups in total. The fourth-order valence-corrected chi connectivity index (χ4v) is 2.69. The number of amides is 1. The van der Waals surface area contributed by atoms with Gasteiger partial charge in [0, 0.05) is 41.0 Å². The van der Waals surface area contributed by atoms with Crippen LogP contribution in [0.1, 0.15) is 15.9 Å². The standard InChI is InChI=1S/C19H13Cl2FN2O2/c20-14-2-1-13(17(21)10-14)11-24-19(25)12-7-8-23-18(9-12)26-16-5-3-15(22)4-6-16/h1-10,21H,11H2/p+1. The number of aromatic nitrogens is 1. The highest BCUT2D eigenvalue weighted by Crippen LogP contribution is 2.20. The highest BCUT2D eigenvalue weighted by atomic mass is 35.5. The predicted octanol–water partition coefficient (Wildman–Crippen LogP) is 4.29. The first-order valence-corrected chi connectivity index (χ1v) is 8.43. The summed E-state index contributed by atoms with van der Waals surface area (Å²) in [6.45, 7) is 0.283. The molecule has 0 radical (unpaired) electrons. The number of halogens is 3. The quantitative estimate of drug-likeness (QED) is 0.705. The van der Waals surface area contributed by atoms with Gasteiger partial charge in [0.25, 0.3) is 5.91 Å². The molecule has 0 bridgehead atoms. The van der Waals surface area contributed by atoms with Gasteiger partial charge in [-0.2, -0.15) is 0 Å². The number of rotatable bonds is 5. The number of ether oxygens (including phenoxy) is 1. The fraction of sp³-hybridized carbons (Fsp3) is 0.0526. The largest absolute Gasteiger partial charge is 0.439 e. The summed E-state index contributed by atoms with van der Waals surface area (Å²) in [5.41, 5.74) is 1.19. The van der Waals surface area contributed by atoms with E-state index in [2.05, 4.69) is 10.3 Å². The number of pyridine rings is 1. The Balaban J connectivity index is 1.66. The van der Waals surface area contributed by atoms with E-state index in [4.69, 9.17) is 27.9 Å². The fourth-order valence-electron chi connectivity index (χ4n) is 2.18. The summed E-state index contributed by atoms with van der Waals surface area (Å²) in [5.74, 6) is 0.00975. The van der Waals surface area contributed by atoms with E-state index in [-0.39, 0.29) is 24.1 Å². The van der Waals surface area contributed by atoms with Crippen molar-refractivity contribution in [3.63, 3.8) is 0 Å². The smallest absolute Gasteiger partial charge is 0.251 e. The summed E-state index contributed by atoms with van der Waals surface area (Å²) >= 11 is 11.1. The van der Waals surface area contributed by atoms with Crippen molar-refractivity contribution in [3.8, 4) is 11.6 Å². The molecule has 1 amide bonds. The van der Waals surface area contributed by atoms with Crippen LogP contribution in [0.2, 0.25) is 10.0 Å². The number of carbonyl (C=O) groups excluding carboxylic acids is 1. The maximum Gasteiger partial charge on any atom is 0.251 e. The first-order valence-electron chi connectivity index (χ1n) is 7.64. The summed E-state index contributed by atoms with van der Waals surface area (Å²) in [6.07, 6.45) is 1.47. The van der Waals surface area contributed by atoms with Crippen LogP contribution in [0, 0.1) is 17.4 Å². The SMILES string of the molecule is O=C(NCc1ccc(Cl)cc1[ClH+])c1ccnc(Oc2ccc(F)cc2)c1. The van der Waals surface area contributed by atoms with Crippen molar-refractivity contribution in [2.75, 3.05) is 0 Å². The maximum absolute atomic E-state index is 12.9. The molecule has 1 aromatic heterocycles. The van der Waals surface area contributed by atoms with Crippen LogP contribution >= 0.6 is 11.6 Å². The number of carbonyl (C=O) groups is 1. The second-order valence-corrected chi connectivity index (χ2v) is 6.25. The van der Waals surface area contributed by atoms with Crippen molar-refractivity contribution in [1.82, 2.24) is 10.3 Å². The Labute approximate surface area is 159 Å². The first-order chi connectivity index (χ1) is 12.5. The van der Waals surface area contributed by atoms with Crippen LogP contribution < -0.4 is 10.1 Å². The van der Waals surface area contributed by atoms with Crippen LogP contribution in [0.15, 0.2) is 60.8 Å². The Bertz CT molecular complexity index is 933. The van der Waals surface area contributed by atoms with Crippen molar-refractivity contribution in [1.29, 1.82) is 0 Å². The molecular weight excluding hydrogens is 378 g/mol. The molecule has 0 saturated carbocycles. The maximum atomic E-state index is 12.9. The van der Waals surface area contributed by atoms with Crippen LogP contribution in [-0.2, 0) is 6.54 Å². The third-order valence-electron chi connectivity index (χ3n) is 3.50. The van der Waals surface area contributed by atoms with E-state index in [1.165, 1.54) is 36.5 Å². The molecule has 4 nitrogen and oxygen atoms in total. The molecular formula is C19H14Cl2FN2O2+. The van der Waals surface area contributed by atoms with Gasteiger partial charge in [-0.3, -0.25) is 4.79 Å². The van der Waals surface area contributed by atoms with Crippen molar-refractivity contribution in [3.05, 3.63) is 87.8 Å².